The Hall–Kier alpha value is -0.500. The molecule has 15 heavy (non-hydrogen) atoms. The number of hydrogen-bond acceptors (Lipinski definition) is 7. The normalized spacial score (nSPS) is 10.8. The number of aromatic nitrogens is 3. The lowest BCUT2D eigenvalue weighted by Gasteiger charge is -1.88. The second-order valence-electron chi connectivity index (χ2n) is 2.75. The first-order valence-corrected chi connectivity index (χ1v) is 6.70. The summed E-state index contributed by atoms with van der Waals surface area (Å²) in [5.74, 6) is 0. The molecular formula is C8H9N3OS3. The molecule has 0 spiro atoms. The van der Waals surface area contributed by atoms with Crippen LogP contribution in [0, 0.1) is 6.92 Å². The number of hydrogen-bond donors (Lipinski definition) is 0. The quantitative estimate of drug-likeness (QED) is 0.844. The van der Waals surface area contributed by atoms with Gasteiger partial charge >= 0.3 is 0 Å². The molecule has 0 fully saturated rings. The Morgan fingerprint density at radius 3 is 2.93 bits per heavy atom. The van der Waals surface area contributed by atoms with Crippen LogP contribution in [-0.2, 0) is 11.3 Å². The van der Waals surface area contributed by atoms with E-state index in [-0.39, 0.29) is 0 Å². The molecule has 80 valence electrons. The first kappa shape index (κ1) is 11.0. The highest BCUT2D eigenvalue weighted by molar-refractivity contribution is 8.02. The molecule has 4 nitrogen and oxygen atoms in total. The third-order valence-electron chi connectivity index (χ3n) is 1.49. The van der Waals surface area contributed by atoms with Gasteiger partial charge in [-0.2, -0.15) is 0 Å². The highest BCUT2D eigenvalue weighted by Crippen LogP contribution is 2.32. The van der Waals surface area contributed by atoms with Gasteiger partial charge < -0.3 is 4.74 Å². The molecule has 0 unspecified atom stereocenters. The molecule has 0 aliphatic carbocycles. The van der Waals surface area contributed by atoms with Gasteiger partial charge in [-0.05, 0) is 18.7 Å². The van der Waals surface area contributed by atoms with Crippen molar-refractivity contribution in [1.29, 1.82) is 0 Å². The minimum absolute atomic E-state index is 0.523. The zero-order valence-electron chi connectivity index (χ0n) is 8.26. The van der Waals surface area contributed by atoms with E-state index in [0.29, 0.717) is 6.61 Å². The molecule has 0 aliphatic heterocycles. The fraction of sp³-hybridized carbons (Fsp3) is 0.375. The second-order valence-corrected chi connectivity index (χ2v) is 6.17. The molecule has 0 N–H and O–H groups in total. The average Bonchev–Trinajstić information content (AvgIpc) is 2.78. The SMILES string of the molecule is COCc1nnc(Sc2nc(C)cs2)s1. The minimum atomic E-state index is 0.523. The first-order chi connectivity index (χ1) is 7.28. The van der Waals surface area contributed by atoms with Gasteiger partial charge in [-0.15, -0.1) is 21.5 Å². The lowest BCUT2D eigenvalue weighted by Crippen LogP contribution is -1.84. The van der Waals surface area contributed by atoms with Crippen molar-refractivity contribution in [3.05, 3.63) is 16.1 Å². The Kier molecular flexibility index (Phi) is 3.68. The van der Waals surface area contributed by atoms with Crippen molar-refractivity contribution in [2.45, 2.75) is 22.2 Å². The molecule has 2 aromatic heterocycles. The first-order valence-electron chi connectivity index (χ1n) is 4.19. The van der Waals surface area contributed by atoms with Crippen molar-refractivity contribution < 1.29 is 4.74 Å². The van der Waals surface area contributed by atoms with Crippen molar-refractivity contribution in [3.8, 4) is 0 Å². The summed E-state index contributed by atoms with van der Waals surface area (Å²) >= 11 is 4.72. The van der Waals surface area contributed by atoms with E-state index < -0.39 is 0 Å². The summed E-state index contributed by atoms with van der Waals surface area (Å²) in [6, 6.07) is 0. The van der Waals surface area contributed by atoms with Gasteiger partial charge in [0, 0.05) is 18.2 Å². The van der Waals surface area contributed by atoms with Crippen LogP contribution in [0.5, 0.6) is 0 Å². The van der Waals surface area contributed by atoms with Crippen LogP contribution in [-0.4, -0.2) is 22.3 Å². The monoisotopic (exact) mass is 259 g/mol. The summed E-state index contributed by atoms with van der Waals surface area (Å²) in [5, 5.41) is 11.0. The molecule has 0 aliphatic rings. The molecule has 0 aromatic carbocycles. The smallest absolute Gasteiger partial charge is 0.181 e. The van der Waals surface area contributed by atoms with Crippen molar-refractivity contribution in [2.24, 2.45) is 0 Å². The maximum Gasteiger partial charge on any atom is 0.181 e. The van der Waals surface area contributed by atoms with Crippen molar-refractivity contribution >= 4 is 34.4 Å². The van der Waals surface area contributed by atoms with Crippen LogP contribution in [0.25, 0.3) is 0 Å². The molecule has 0 amide bonds. The Morgan fingerprint density at radius 1 is 1.40 bits per heavy atom. The van der Waals surface area contributed by atoms with Gasteiger partial charge in [0.25, 0.3) is 0 Å². The van der Waals surface area contributed by atoms with E-state index in [1.807, 2.05) is 12.3 Å². The van der Waals surface area contributed by atoms with Crippen LogP contribution in [0.2, 0.25) is 0 Å². The van der Waals surface area contributed by atoms with Crippen LogP contribution in [0.4, 0.5) is 0 Å². The summed E-state index contributed by atoms with van der Waals surface area (Å²) in [6.45, 7) is 2.51. The lowest BCUT2D eigenvalue weighted by molar-refractivity contribution is 0.184. The lowest BCUT2D eigenvalue weighted by atomic mass is 10.6. The van der Waals surface area contributed by atoms with E-state index >= 15 is 0 Å². The third-order valence-corrected chi connectivity index (χ3v) is 4.49. The summed E-state index contributed by atoms with van der Waals surface area (Å²) < 4.78 is 6.90. The highest BCUT2D eigenvalue weighted by Gasteiger charge is 2.07. The van der Waals surface area contributed by atoms with Gasteiger partial charge in [0.15, 0.2) is 8.68 Å². The topological polar surface area (TPSA) is 47.9 Å². The fourth-order valence-corrected chi connectivity index (χ4v) is 3.82. The number of rotatable bonds is 4. The van der Waals surface area contributed by atoms with E-state index in [9.17, 15) is 0 Å². The summed E-state index contributed by atoms with van der Waals surface area (Å²) in [5.41, 5.74) is 1.05. The van der Waals surface area contributed by atoms with Crippen LogP contribution in [0.15, 0.2) is 14.1 Å². The summed E-state index contributed by atoms with van der Waals surface area (Å²) in [4.78, 5) is 4.35. The molecule has 2 aromatic rings. The second kappa shape index (κ2) is 5.02. The number of nitrogens with zero attached hydrogens (tertiary/aromatic N) is 3. The van der Waals surface area contributed by atoms with Crippen LogP contribution >= 0.6 is 34.4 Å². The summed E-state index contributed by atoms with van der Waals surface area (Å²) in [6.07, 6.45) is 0. The molecule has 7 heteroatoms. The van der Waals surface area contributed by atoms with Gasteiger partial charge in [0.1, 0.15) is 5.01 Å². The van der Waals surface area contributed by atoms with Crippen LogP contribution in [0.1, 0.15) is 10.7 Å². The van der Waals surface area contributed by atoms with Crippen molar-refractivity contribution in [3.63, 3.8) is 0 Å². The molecule has 0 atom stereocenters. The van der Waals surface area contributed by atoms with Gasteiger partial charge in [0.2, 0.25) is 0 Å². The molecule has 0 saturated heterocycles. The maximum atomic E-state index is 4.98. The van der Waals surface area contributed by atoms with Gasteiger partial charge in [-0.25, -0.2) is 4.98 Å². The van der Waals surface area contributed by atoms with E-state index in [2.05, 4.69) is 15.2 Å². The van der Waals surface area contributed by atoms with E-state index in [4.69, 9.17) is 4.74 Å². The Morgan fingerprint density at radius 2 is 2.27 bits per heavy atom. The standard InChI is InChI=1S/C8H9N3OS3/c1-5-4-13-7(9-5)15-8-11-10-6(14-8)3-12-2/h4H,3H2,1-2H3. The predicted molar refractivity (Wildman–Crippen MR) is 61.6 cm³/mol. The predicted octanol–water partition coefficient (Wildman–Crippen LogP) is 2.60. The largest absolute Gasteiger partial charge is 0.377 e. The van der Waals surface area contributed by atoms with E-state index in [1.54, 1.807) is 41.5 Å². The molecular weight excluding hydrogens is 250 g/mol. The van der Waals surface area contributed by atoms with Gasteiger partial charge in [-0.1, -0.05) is 11.3 Å². The molecule has 0 bridgehead atoms. The molecule has 0 saturated carbocycles. The highest BCUT2D eigenvalue weighted by atomic mass is 32.2. The molecule has 2 rings (SSSR count). The van der Waals surface area contributed by atoms with Crippen molar-refractivity contribution in [2.75, 3.05) is 7.11 Å². The Balaban J connectivity index is 2.04. The zero-order valence-corrected chi connectivity index (χ0v) is 10.7. The maximum absolute atomic E-state index is 4.98. The number of methoxy groups -OCH3 is 1. The number of thiazole rings is 1. The summed E-state index contributed by atoms with van der Waals surface area (Å²) in [7, 11) is 1.65. The number of ether oxygens (including phenoxy) is 1. The van der Waals surface area contributed by atoms with Gasteiger partial charge in [-0.3, -0.25) is 0 Å². The van der Waals surface area contributed by atoms with E-state index in [1.165, 1.54) is 0 Å². The fourth-order valence-electron chi connectivity index (χ4n) is 0.915. The third kappa shape index (κ3) is 2.97. The molecule has 2 heterocycles. The average molecular weight is 259 g/mol. The van der Waals surface area contributed by atoms with E-state index in [0.717, 1.165) is 19.4 Å². The molecule has 0 radical (unpaired) electrons. The van der Waals surface area contributed by atoms with Gasteiger partial charge in [0.05, 0.1) is 6.61 Å². The van der Waals surface area contributed by atoms with Crippen LogP contribution < -0.4 is 0 Å². The zero-order chi connectivity index (χ0) is 10.7. The van der Waals surface area contributed by atoms with Crippen LogP contribution in [0.3, 0.4) is 0 Å². The Labute approximate surface area is 99.7 Å². The van der Waals surface area contributed by atoms with Crippen molar-refractivity contribution in [1.82, 2.24) is 15.2 Å². The minimum Gasteiger partial charge on any atom is -0.377 e. The number of aryl methyl sites for hydroxylation is 1. The Bertz CT molecular complexity index is 440.